The van der Waals surface area contributed by atoms with Gasteiger partial charge in [0, 0.05) is 10.6 Å². The van der Waals surface area contributed by atoms with Gasteiger partial charge in [-0.3, -0.25) is 0 Å². The van der Waals surface area contributed by atoms with Crippen molar-refractivity contribution in [2.24, 2.45) is 10.2 Å². The summed E-state index contributed by atoms with van der Waals surface area (Å²) in [5, 5.41) is 27.3. The van der Waals surface area contributed by atoms with Crippen LogP contribution in [0.3, 0.4) is 0 Å². The van der Waals surface area contributed by atoms with Crippen molar-refractivity contribution in [3.05, 3.63) is 52.5 Å². The van der Waals surface area contributed by atoms with E-state index in [2.05, 4.69) is 10.2 Å². The van der Waals surface area contributed by atoms with Gasteiger partial charge in [0.25, 0.3) is 0 Å². The van der Waals surface area contributed by atoms with Crippen molar-refractivity contribution in [1.82, 2.24) is 0 Å². The molecule has 5 heteroatoms. The Hall–Kier alpha value is -1.91. The molecule has 0 aliphatic rings. The second kappa shape index (κ2) is 5.82. The van der Waals surface area contributed by atoms with Gasteiger partial charge in [-0.2, -0.15) is 10.2 Å². The summed E-state index contributed by atoms with van der Waals surface area (Å²) in [4.78, 5) is 0. The summed E-state index contributed by atoms with van der Waals surface area (Å²) in [7, 11) is 0. The van der Waals surface area contributed by atoms with Crippen molar-refractivity contribution in [2.45, 2.75) is 13.5 Å². The SMILES string of the molecule is Cc1c(Cl)cccc1N=Nc1ccc(O)c(CO)c1. The second-order valence-corrected chi connectivity index (χ2v) is 4.46. The van der Waals surface area contributed by atoms with Crippen LogP contribution in [-0.2, 0) is 6.61 Å². The number of benzene rings is 2. The van der Waals surface area contributed by atoms with E-state index >= 15 is 0 Å². The lowest BCUT2D eigenvalue weighted by Gasteiger charge is -2.02. The van der Waals surface area contributed by atoms with Gasteiger partial charge >= 0.3 is 0 Å². The molecule has 0 saturated carbocycles. The van der Waals surface area contributed by atoms with Crippen LogP contribution in [0.2, 0.25) is 5.02 Å². The van der Waals surface area contributed by atoms with Crippen molar-refractivity contribution in [3.8, 4) is 5.75 Å². The molecule has 0 saturated heterocycles. The predicted octanol–water partition coefficient (Wildman–Crippen LogP) is 4.26. The molecule has 0 atom stereocenters. The minimum atomic E-state index is -0.245. The van der Waals surface area contributed by atoms with E-state index in [4.69, 9.17) is 16.7 Å². The van der Waals surface area contributed by atoms with E-state index in [9.17, 15) is 5.11 Å². The first kappa shape index (κ1) is 13.5. The van der Waals surface area contributed by atoms with Gasteiger partial charge in [-0.15, -0.1) is 0 Å². The minimum absolute atomic E-state index is 0.0420. The summed E-state index contributed by atoms with van der Waals surface area (Å²) < 4.78 is 0. The normalized spacial score (nSPS) is 11.1. The molecule has 2 aromatic rings. The lowest BCUT2D eigenvalue weighted by molar-refractivity contribution is 0.275. The third kappa shape index (κ3) is 3.10. The molecule has 2 aromatic carbocycles. The number of nitrogens with zero attached hydrogens (tertiary/aromatic N) is 2. The smallest absolute Gasteiger partial charge is 0.121 e. The van der Waals surface area contributed by atoms with Gasteiger partial charge in [0.15, 0.2) is 0 Å². The van der Waals surface area contributed by atoms with E-state index in [1.54, 1.807) is 24.3 Å². The third-order valence-corrected chi connectivity index (χ3v) is 3.16. The van der Waals surface area contributed by atoms with Crippen molar-refractivity contribution in [3.63, 3.8) is 0 Å². The fraction of sp³-hybridized carbons (Fsp3) is 0.143. The molecule has 0 heterocycles. The van der Waals surface area contributed by atoms with Crippen LogP contribution in [0.5, 0.6) is 5.75 Å². The number of hydrogen-bond acceptors (Lipinski definition) is 4. The molecule has 2 N–H and O–H groups in total. The Morgan fingerprint density at radius 2 is 1.95 bits per heavy atom. The summed E-state index contributed by atoms with van der Waals surface area (Å²) in [6.07, 6.45) is 0. The molecule has 0 unspecified atom stereocenters. The maximum absolute atomic E-state index is 9.45. The van der Waals surface area contributed by atoms with E-state index in [1.165, 1.54) is 6.07 Å². The number of azo groups is 1. The van der Waals surface area contributed by atoms with Crippen LogP contribution in [0.4, 0.5) is 11.4 Å². The van der Waals surface area contributed by atoms with Crippen LogP contribution in [0.25, 0.3) is 0 Å². The standard InChI is InChI=1S/C14H13ClN2O2/c1-9-12(15)3-2-4-13(9)17-16-11-5-6-14(19)10(7-11)8-18/h2-7,18-19H,8H2,1H3. The second-order valence-electron chi connectivity index (χ2n) is 4.06. The quantitative estimate of drug-likeness (QED) is 0.823. The number of aliphatic hydroxyl groups is 1. The molecule has 0 aliphatic heterocycles. The monoisotopic (exact) mass is 276 g/mol. The molecule has 2 rings (SSSR count). The van der Waals surface area contributed by atoms with Crippen molar-refractivity contribution >= 4 is 23.0 Å². The number of hydrogen-bond donors (Lipinski definition) is 2. The van der Waals surface area contributed by atoms with E-state index in [0.29, 0.717) is 22.0 Å². The molecule has 0 fully saturated rings. The highest BCUT2D eigenvalue weighted by molar-refractivity contribution is 6.31. The van der Waals surface area contributed by atoms with Crippen LogP contribution in [0.1, 0.15) is 11.1 Å². The highest BCUT2D eigenvalue weighted by Crippen LogP contribution is 2.28. The Labute approximate surface area is 116 Å². The summed E-state index contributed by atoms with van der Waals surface area (Å²) in [6, 6.07) is 10.1. The highest BCUT2D eigenvalue weighted by Gasteiger charge is 2.02. The Bertz CT molecular complexity index is 627. The number of aromatic hydroxyl groups is 1. The summed E-state index contributed by atoms with van der Waals surface area (Å²) in [5.41, 5.74) is 2.51. The van der Waals surface area contributed by atoms with E-state index < -0.39 is 0 Å². The first-order chi connectivity index (χ1) is 9.11. The lowest BCUT2D eigenvalue weighted by Crippen LogP contribution is -1.82. The molecule has 0 spiro atoms. The molecule has 0 aliphatic carbocycles. The summed E-state index contributed by atoms with van der Waals surface area (Å²) in [6.45, 7) is 1.62. The van der Waals surface area contributed by atoms with Gasteiger partial charge in [0.05, 0.1) is 18.0 Å². The third-order valence-electron chi connectivity index (χ3n) is 2.75. The van der Waals surface area contributed by atoms with Gasteiger partial charge in [-0.25, -0.2) is 0 Å². The zero-order valence-electron chi connectivity index (χ0n) is 10.3. The lowest BCUT2D eigenvalue weighted by atomic mass is 10.2. The first-order valence-electron chi connectivity index (χ1n) is 5.71. The van der Waals surface area contributed by atoms with E-state index in [-0.39, 0.29) is 12.4 Å². The molecule has 0 amide bonds. The molecule has 98 valence electrons. The van der Waals surface area contributed by atoms with Crippen LogP contribution < -0.4 is 0 Å². The van der Waals surface area contributed by atoms with Gasteiger partial charge in [-0.1, -0.05) is 17.7 Å². The molecular weight excluding hydrogens is 264 g/mol. The molecule has 19 heavy (non-hydrogen) atoms. The van der Waals surface area contributed by atoms with E-state index in [1.807, 2.05) is 13.0 Å². The fourth-order valence-corrected chi connectivity index (χ4v) is 1.75. The van der Waals surface area contributed by atoms with Crippen molar-refractivity contribution in [2.75, 3.05) is 0 Å². The zero-order valence-corrected chi connectivity index (χ0v) is 11.1. The van der Waals surface area contributed by atoms with Gasteiger partial charge in [0.1, 0.15) is 5.75 Å². The fourth-order valence-electron chi connectivity index (χ4n) is 1.58. The Morgan fingerprint density at radius 1 is 1.16 bits per heavy atom. The predicted molar refractivity (Wildman–Crippen MR) is 74.4 cm³/mol. The van der Waals surface area contributed by atoms with E-state index in [0.717, 1.165) is 5.56 Å². The minimum Gasteiger partial charge on any atom is -0.508 e. The maximum Gasteiger partial charge on any atom is 0.121 e. The van der Waals surface area contributed by atoms with Crippen LogP contribution in [-0.4, -0.2) is 10.2 Å². The Morgan fingerprint density at radius 3 is 2.68 bits per heavy atom. The van der Waals surface area contributed by atoms with Crippen molar-refractivity contribution in [1.29, 1.82) is 0 Å². The van der Waals surface area contributed by atoms with Crippen LogP contribution in [0, 0.1) is 6.92 Å². The topological polar surface area (TPSA) is 65.2 Å². The maximum atomic E-state index is 9.45. The highest BCUT2D eigenvalue weighted by atomic mass is 35.5. The largest absolute Gasteiger partial charge is 0.508 e. The molecule has 0 bridgehead atoms. The number of phenols is 1. The van der Waals surface area contributed by atoms with Crippen LogP contribution in [0.15, 0.2) is 46.6 Å². The van der Waals surface area contributed by atoms with Gasteiger partial charge < -0.3 is 10.2 Å². The number of aliphatic hydroxyl groups excluding tert-OH is 1. The first-order valence-corrected chi connectivity index (χ1v) is 6.09. The zero-order chi connectivity index (χ0) is 13.8. The summed E-state index contributed by atoms with van der Waals surface area (Å²) in [5.74, 6) is 0.0420. The Kier molecular flexibility index (Phi) is 4.14. The van der Waals surface area contributed by atoms with Crippen LogP contribution >= 0.6 is 11.6 Å². The van der Waals surface area contributed by atoms with Crippen molar-refractivity contribution < 1.29 is 10.2 Å². The average Bonchev–Trinajstić information content (AvgIpc) is 2.42. The molecule has 4 nitrogen and oxygen atoms in total. The molecule has 0 radical (unpaired) electrons. The Balaban J connectivity index is 2.30. The number of halogens is 1. The average molecular weight is 277 g/mol. The molecular formula is C14H13ClN2O2. The summed E-state index contributed by atoms with van der Waals surface area (Å²) >= 11 is 6.00. The van der Waals surface area contributed by atoms with Gasteiger partial charge in [-0.05, 0) is 42.8 Å². The number of rotatable bonds is 3. The van der Waals surface area contributed by atoms with Gasteiger partial charge in [0.2, 0.25) is 0 Å². The molecule has 0 aromatic heterocycles.